The fourth-order valence-electron chi connectivity index (χ4n) is 1.83. The first-order valence-corrected chi connectivity index (χ1v) is 6.92. The van der Waals surface area contributed by atoms with Gasteiger partial charge >= 0.3 is 0 Å². The summed E-state index contributed by atoms with van der Waals surface area (Å²) in [5, 5.41) is 0. The van der Waals surface area contributed by atoms with E-state index in [9.17, 15) is 9.35 Å². The summed E-state index contributed by atoms with van der Waals surface area (Å²) in [6.45, 7) is 9.89. The fourth-order valence-corrected chi connectivity index (χ4v) is 3.14. The molecule has 3 nitrogen and oxygen atoms in total. The van der Waals surface area contributed by atoms with E-state index in [4.69, 9.17) is 0 Å². The SMILES string of the molecule is C/C=C/[C@H]1C(C(C)=O)=CCN1[S+]([O-])C(C)(C)C. The number of carbonyl (C=O) groups excluding carboxylic acids is 1. The lowest BCUT2D eigenvalue weighted by molar-refractivity contribution is -0.113. The van der Waals surface area contributed by atoms with Crippen LogP contribution in [0.4, 0.5) is 0 Å². The van der Waals surface area contributed by atoms with Crippen molar-refractivity contribution in [2.75, 3.05) is 6.54 Å². The molecule has 1 rings (SSSR count). The van der Waals surface area contributed by atoms with Crippen molar-refractivity contribution >= 4 is 17.1 Å². The summed E-state index contributed by atoms with van der Waals surface area (Å²) in [6, 6.07) is -0.141. The number of nitrogens with zero attached hydrogens (tertiary/aromatic N) is 1. The standard InChI is InChI=1S/C13H21NO2S/c1-6-7-12-11(10(2)15)8-9-14(12)17(16)13(3,4)5/h6-8,12H,9H2,1-5H3/b7-6+/t12-,17?/m0/s1. The lowest BCUT2D eigenvalue weighted by Gasteiger charge is -2.33. The van der Waals surface area contributed by atoms with Crippen LogP contribution in [0, 0.1) is 0 Å². The van der Waals surface area contributed by atoms with Crippen LogP contribution in [0.15, 0.2) is 23.8 Å². The Labute approximate surface area is 107 Å². The van der Waals surface area contributed by atoms with Crippen LogP contribution in [0.2, 0.25) is 0 Å². The van der Waals surface area contributed by atoms with Crippen LogP contribution in [-0.4, -0.2) is 32.0 Å². The van der Waals surface area contributed by atoms with Crippen LogP contribution in [0.1, 0.15) is 34.6 Å². The van der Waals surface area contributed by atoms with Crippen molar-refractivity contribution in [1.29, 1.82) is 0 Å². The van der Waals surface area contributed by atoms with E-state index in [0.717, 1.165) is 5.57 Å². The van der Waals surface area contributed by atoms with Crippen LogP contribution >= 0.6 is 0 Å². The van der Waals surface area contributed by atoms with Gasteiger partial charge in [0.15, 0.2) is 5.78 Å². The molecule has 0 aromatic rings. The summed E-state index contributed by atoms with van der Waals surface area (Å²) in [5.74, 6) is 0.0570. The molecule has 1 unspecified atom stereocenters. The molecule has 1 heterocycles. The summed E-state index contributed by atoms with van der Waals surface area (Å²) in [5.41, 5.74) is 0.751. The second-order valence-corrected chi connectivity index (χ2v) is 7.34. The molecule has 0 radical (unpaired) electrons. The largest absolute Gasteiger partial charge is 0.597 e. The first-order valence-electron chi connectivity index (χ1n) is 5.81. The van der Waals surface area contributed by atoms with Crippen molar-refractivity contribution in [1.82, 2.24) is 4.31 Å². The summed E-state index contributed by atoms with van der Waals surface area (Å²) >= 11 is -1.10. The zero-order valence-electron chi connectivity index (χ0n) is 11.2. The molecule has 0 bridgehead atoms. The summed E-state index contributed by atoms with van der Waals surface area (Å²) in [7, 11) is 0. The van der Waals surface area contributed by atoms with Gasteiger partial charge in [0.25, 0.3) is 0 Å². The van der Waals surface area contributed by atoms with E-state index < -0.39 is 11.4 Å². The highest BCUT2D eigenvalue weighted by atomic mass is 32.2. The smallest absolute Gasteiger partial charge is 0.157 e. The number of ketones is 1. The van der Waals surface area contributed by atoms with Gasteiger partial charge in [0.1, 0.15) is 10.8 Å². The minimum absolute atomic E-state index is 0.0570. The molecular weight excluding hydrogens is 234 g/mol. The second-order valence-electron chi connectivity index (χ2n) is 5.15. The van der Waals surface area contributed by atoms with Gasteiger partial charge in [-0.2, -0.15) is 0 Å². The molecule has 0 spiro atoms. The summed E-state index contributed by atoms with van der Waals surface area (Å²) in [6.07, 6.45) is 5.72. The first-order chi connectivity index (χ1) is 7.79. The first kappa shape index (κ1) is 14.5. The number of rotatable bonds is 3. The van der Waals surface area contributed by atoms with Gasteiger partial charge in [-0.25, -0.2) is 0 Å². The minimum atomic E-state index is -1.10. The highest BCUT2D eigenvalue weighted by molar-refractivity contribution is 7.90. The summed E-state index contributed by atoms with van der Waals surface area (Å²) < 4.78 is 13.9. The Bertz CT molecular complexity index is 355. The average Bonchev–Trinajstić information content (AvgIpc) is 2.59. The Hall–Kier alpha value is -0.580. The van der Waals surface area contributed by atoms with E-state index in [-0.39, 0.29) is 16.6 Å². The van der Waals surface area contributed by atoms with Gasteiger partial charge < -0.3 is 4.55 Å². The van der Waals surface area contributed by atoms with E-state index in [1.165, 1.54) is 0 Å². The van der Waals surface area contributed by atoms with Crippen molar-refractivity contribution in [3.8, 4) is 0 Å². The van der Waals surface area contributed by atoms with Gasteiger partial charge in [-0.05, 0) is 34.6 Å². The number of hydrogen-bond acceptors (Lipinski definition) is 3. The maximum atomic E-state index is 12.4. The molecule has 1 aliphatic heterocycles. The summed E-state index contributed by atoms with van der Waals surface area (Å²) in [4.78, 5) is 11.5. The fraction of sp³-hybridized carbons (Fsp3) is 0.615. The Kier molecular flexibility index (Phi) is 4.58. The molecule has 0 N–H and O–H groups in total. The third-order valence-electron chi connectivity index (χ3n) is 2.64. The monoisotopic (exact) mass is 255 g/mol. The van der Waals surface area contributed by atoms with Crippen LogP contribution < -0.4 is 0 Å². The molecule has 17 heavy (non-hydrogen) atoms. The van der Waals surface area contributed by atoms with Gasteiger partial charge in [0, 0.05) is 16.9 Å². The number of Topliss-reactive ketones (excluding diaryl/α,β-unsaturated/α-hetero) is 1. The van der Waals surface area contributed by atoms with E-state index in [2.05, 4.69) is 0 Å². The molecule has 1 aliphatic rings. The van der Waals surface area contributed by atoms with Crippen molar-refractivity contribution in [2.45, 2.75) is 45.4 Å². The molecule has 0 aromatic carbocycles. The van der Waals surface area contributed by atoms with Gasteiger partial charge in [-0.3, -0.25) is 4.79 Å². The van der Waals surface area contributed by atoms with Crippen LogP contribution in [-0.2, 0) is 16.2 Å². The minimum Gasteiger partial charge on any atom is -0.597 e. The molecule has 0 aliphatic carbocycles. The quantitative estimate of drug-likeness (QED) is 0.574. The Morgan fingerprint density at radius 2 is 2.18 bits per heavy atom. The average molecular weight is 255 g/mol. The number of hydrogen-bond donors (Lipinski definition) is 0. The molecule has 0 aromatic heterocycles. The number of allylic oxidation sites excluding steroid dienone is 1. The van der Waals surface area contributed by atoms with Gasteiger partial charge in [-0.1, -0.05) is 18.2 Å². The lowest BCUT2D eigenvalue weighted by Crippen LogP contribution is -2.46. The molecule has 4 heteroatoms. The molecule has 0 amide bonds. The van der Waals surface area contributed by atoms with E-state index in [1.807, 2.05) is 50.2 Å². The maximum Gasteiger partial charge on any atom is 0.157 e. The Balaban J connectivity index is 2.95. The number of carbonyl (C=O) groups is 1. The van der Waals surface area contributed by atoms with Crippen LogP contribution in [0.5, 0.6) is 0 Å². The van der Waals surface area contributed by atoms with Gasteiger partial charge in [-0.15, -0.1) is 4.31 Å². The molecular formula is C13H21NO2S. The molecule has 0 fully saturated rings. The Morgan fingerprint density at radius 1 is 1.59 bits per heavy atom. The lowest BCUT2D eigenvalue weighted by atomic mass is 10.1. The van der Waals surface area contributed by atoms with Gasteiger partial charge in [0.2, 0.25) is 0 Å². The molecule has 0 saturated carbocycles. The molecule has 0 saturated heterocycles. The van der Waals surface area contributed by atoms with E-state index in [0.29, 0.717) is 6.54 Å². The Morgan fingerprint density at radius 3 is 2.59 bits per heavy atom. The van der Waals surface area contributed by atoms with Gasteiger partial charge in [0.05, 0.1) is 6.54 Å². The highest BCUT2D eigenvalue weighted by Crippen LogP contribution is 2.29. The van der Waals surface area contributed by atoms with Crippen molar-refractivity contribution in [3.05, 3.63) is 23.8 Å². The molecule has 96 valence electrons. The van der Waals surface area contributed by atoms with Crippen molar-refractivity contribution in [2.24, 2.45) is 0 Å². The topological polar surface area (TPSA) is 43.4 Å². The normalized spacial score (nSPS) is 24.1. The van der Waals surface area contributed by atoms with Crippen LogP contribution in [0.3, 0.4) is 0 Å². The highest BCUT2D eigenvalue weighted by Gasteiger charge is 2.41. The van der Waals surface area contributed by atoms with E-state index in [1.54, 1.807) is 6.92 Å². The zero-order chi connectivity index (χ0) is 13.2. The van der Waals surface area contributed by atoms with Crippen molar-refractivity contribution < 1.29 is 9.35 Å². The van der Waals surface area contributed by atoms with E-state index >= 15 is 0 Å². The maximum absolute atomic E-state index is 12.4. The second kappa shape index (κ2) is 5.38. The van der Waals surface area contributed by atoms with Crippen LogP contribution in [0.25, 0.3) is 0 Å². The predicted molar refractivity (Wildman–Crippen MR) is 72.0 cm³/mol. The predicted octanol–water partition coefficient (Wildman–Crippen LogP) is 2.22. The third kappa shape index (κ3) is 3.21. The zero-order valence-corrected chi connectivity index (χ0v) is 12.0. The van der Waals surface area contributed by atoms with Crippen molar-refractivity contribution in [3.63, 3.8) is 0 Å². The third-order valence-corrected chi connectivity index (χ3v) is 4.49. The molecule has 2 atom stereocenters.